The van der Waals surface area contributed by atoms with Gasteiger partial charge in [-0.15, -0.1) is 11.3 Å². The Morgan fingerprint density at radius 2 is 2.00 bits per heavy atom. The largest absolute Gasteiger partial charge is 0.345 e. The van der Waals surface area contributed by atoms with Crippen molar-refractivity contribution in [3.63, 3.8) is 0 Å². The maximum Gasteiger partial charge on any atom is 0.260 e. The van der Waals surface area contributed by atoms with E-state index in [1.165, 1.54) is 23.6 Å². The lowest BCUT2D eigenvalue weighted by molar-refractivity contribution is 0.0949. The molecule has 0 aliphatic heterocycles. The molecule has 2 aromatic heterocycles. The van der Waals surface area contributed by atoms with Crippen LogP contribution in [-0.2, 0) is 6.54 Å². The summed E-state index contributed by atoms with van der Waals surface area (Å²) in [5.41, 5.74) is 1.62. The number of aromatic amines is 1. The van der Waals surface area contributed by atoms with Crippen LogP contribution in [0.2, 0.25) is 0 Å². The van der Waals surface area contributed by atoms with Crippen LogP contribution in [0.15, 0.2) is 58.8 Å². The van der Waals surface area contributed by atoms with Gasteiger partial charge in [-0.1, -0.05) is 30.3 Å². The maximum atomic E-state index is 12.0. The zero-order valence-electron chi connectivity index (χ0n) is 11.6. The quantitative estimate of drug-likeness (QED) is 0.777. The molecular formula is C16H13N3O2S. The van der Waals surface area contributed by atoms with E-state index in [1.54, 1.807) is 6.07 Å². The maximum absolute atomic E-state index is 12.0. The normalized spacial score (nSPS) is 10.4. The Balaban J connectivity index is 1.68. The Labute approximate surface area is 130 Å². The van der Waals surface area contributed by atoms with Crippen LogP contribution in [-0.4, -0.2) is 15.9 Å². The Morgan fingerprint density at radius 1 is 1.18 bits per heavy atom. The van der Waals surface area contributed by atoms with E-state index in [-0.39, 0.29) is 5.56 Å². The number of hydrogen-bond acceptors (Lipinski definition) is 4. The minimum absolute atomic E-state index is 0.0994. The number of pyridine rings is 1. The fraction of sp³-hybridized carbons (Fsp3) is 0.0625. The highest BCUT2D eigenvalue weighted by atomic mass is 32.1. The molecule has 6 heteroatoms. The zero-order chi connectivity index (χ0) is 15.4. The van der Waals surface area contributed by atoms with Crippen molar-refractivity contribution in [3.8, 4) is 11.3 Å². The second-order valence-corrected chi connectivity index (χ2v) is 5.53. The Hall–Kier alpha value is -2.73. The molecular weight excluding hydrogens is 298 g/mol. The summed E-state index contributed by atoms with van der Waals surface area (Å²) in [7, 11) is 0. The molecule has 110 valence electrons. The predicted octanol–water partition coefficient (Wildman–Crippen LogP) is 2.43. The van der Waals surface area contributed by atoms with E-state index in [2.05, 4.69) is 15.3 Å². The first kappa shape index (κ1) is 14.2. The number of H-pyrrole nitrogens is 1. The topological polar surface area (TPSA) is 74.8 Å². The molecule has 0 atom stereocenters. The molecule has 1 amide bonds. The van der Waals surface area contributed by atoms with Gasteiger partial charge in [-0.05, 0) is 12.1 Å². The molecule has 0 fully saturated rings. The van der Waals surface area contributed by atoms with Crippen LogP contribution in [0.5, 0.6) is 0 Å². The molecule has 1 aromatic carbocycles. The number of carbonyl (C=O) groups excluding carboxylic acids is 1. The third-order valence-corrected chi connectivity index (χ3v) is 3.93. The first-order chi connectivity index (χ1) is 10.7. The molecule has 22 heavy (non-hydrogen) atoms. The molecule has 0 saturated carbocycles. The number of nitrogens with one attached hydrogen (secondary N) is 2. The van der Waals surface area contributed by atoms with Crippen LogP contribution in [0.1, 0.15) is 15.4 Å². The molecule has 0 radical (unpaired) electrons. The van der Waals surface area contributed by atoms with Gasteiger partial charge in [0.25, 0.3) is 11.5 Å². The third kappa shape index (κ3) is 3.12. The molecule has 3 rings (SSSR count). The monoisotopic (exact) mass is 311 g/mol. The number of nitrogens with zero attached hydrogens (tertiary/aromatic N) is 1. The van der Waals surface area contributed by atoms with Crippen molar-refractivity contribution in [2.45, 2.75) is 6.54 Å². The van der Waals surface area contributed by atoms with Crippen LogP contribution < -0.4 is 10.9 Å². The van der Waals surface area contributed by atoms with Crippen LogP contribution in [0.4, 0.5) is 0 Å². The Morgan fingerprint density at radius 3 is 2.77 bits per heavy atom. The van der Waals surface area contributed by atoms with Gasteiger partial charge in [0, 0.05) is 17.1 Å². The molecule has 0 aliphatic carbocycles. The lowest BCUT2D eigenvalue weighted by atomic mass is 10.2. The fourth-order valence-electron chi connectivity index (χ4n) is 1.99. The molecule has 0 unspecified atom stereocenters. The van der Waals surface area contributed by atoms with Crippen molar-refractivity contribution in [1.29, 1.82) is 0 Å². The second-order valence-electron chi connectivity index (χ2n) is 4.59. The van der Waals surface area contributed by atoms with Gasteiger partial charge < -0.3 is 10.3 Å². The first-order valence-corrected chi connectivity index (χ1v) is 7.58. The number of rotatable bonds is 4. The highest BCUT2D eigenvalue weighted by Gasteiger charge is 2.10. The lowest BCUT2D eigenvalue weighted by Gasteiger charge is -2.01. The van der Waals surface area contributed by atoms with Crippen molar-refractivity contribution in [3.05, 3.63) is 75.0 Å². The summed E-state index contributed by atoms with van der Waals surface area (Å²) in [5.74, 6) is -0.404. The molecule has 0 bridgehead atoms. The van der Waals surface area contributed by atoms with E-state index < -0.39 is 11.5 Å². The van der Waals surface area contributed by atoms with E-state index in [9.17, 15) is 9.59 Å². The van der Waals surface area contributed by atoms with Gasteiger partial charge in [0.15, 0.2) is 0 Å². The smallest absolute Gasteiger partial charge is 0.260 e. The van der Waals surface area contributed by atoms with E-state index in [4.69, 9.17) is 0 Å². The van der Waals surface area contributed by atoms with Gasteiger partial charge in [0.05, 0.1) is 12.2 Å². The lowest BCUT2D eigenvalue weighted by Crippen LogP contribution is -2.28. The molecule has 0 aliphatic rings. The van der Waals surface area contributed by atoms with E-state index in [0.717, 1.165) is 16.3 Å². The predicted molar refractivity (Wildman–Crippen MR) is 85.8 cm³/mol. The average molecular weight is 311 g/mol. The van der Waals surface area contributed by atoms with Crippen molar-refractivity contribution < 1.29 is 4.79 Å². The van der Waals surface area contributed by atoms with Gasteiger partial charge in [-0.3, -0.25) is 9.59 Å². The minimum Gasteiger partial charge on any atom is -0.345 e. The van der Waals surface area contributed by atoms with Crippen LogP contribution in [0, 0.1) is 0 Å². The Kier molecular flexibility index (Phi) is 4.11. The molecule has 0 saturated heterocycles. The standard InChI is InChI=1S/C16H13N3O2S/c20-15-12(7-4-8-17-15)16(21)18-9-14-19-13(10-22-14)11-5-2-1-3-6-11/h1-8,10H,9H2,(H,17,20)(H,18,21). The van der Waals surface area contributed by atoms with Crippen LogP contribution in [0.25, 0.3) is 11.3 Å². The van der Waals surface area contributed by atoms with Gasteiger partial charge in [-0.2, -0.15) is 0 Å². The van der Waals surface area contributed by atoms with Crippen molar-refractivity contribution >= 4 is 17.2 Å². The van der Waals surface area contributed by atoms with E-state index in [0.29, 0.717) is 6.54 Å². The highest BCUT2D eigenvalue weighted by molar-refractivity contribution is 7.09. The summed E-state index contributed by atoms with van der Waals surface area (Å²) in [6.07, 6.45) is 1.49. The van der Waals surface area contributed by atoms with Crippen molar-refractivity contribution in [1.82, 2.24) is 15.3 Å². The number of aromatic nitrogens is 2. The van der Waals surface area contributed by atoms with Crippen molar-refractivity contribution in [2.75, 3.05) is 0 Å². The SMILES string of the molecule is O=C(NCc1nc(-c2ccccc2)cs1)c1ccc[nH]c1=O. The number of benzene rings is 1. The van der Waals surface area contributed by atoms with Gasteiger partial charge >= 0.3 is 0 Å². The zero-order valence-corrected chi connectivity index (χ0v) is 12.4. The van der Waals surface area contributed by atoms with Crippen molar-refractivity contribution in [2.24, 2.45) is 0 Å². The summed E-state index contributed by atoms with van der Waals surface area (Å²) in [5, 5.41) is 5.45. The van der Waals surface area contributed by atoms with Crippen LogP contribution >= 0.6 is 11.3 Å². The molecule has 3 aromatic rings. The number of carbonyl (C=O) groups is 1. The first-order valence-electron chi connectivity index (χ1n) is 6.70. The van der Waals surface area contributed by atoms with Gasteiger partial charge in [-0.25, -0.2) is 4.98 Å². The van der Waals surface area contributed by atoms with E-state index in [1.807, 2.05) is 35.7 Å². The summed E-state index contributed by atoms with van der Waals surface area (Å²) >= 11 is 1.47. The number of amides is 1. The van der Waals surface area contributed by atoms with Crippen LogP contribution in [0.3, 0.4) is 0 Å². The fourth-order valence-corrected chi connectivity index (χ4v) is 2.73. The third-order valence-electron chi connectivity index (χ3n) is 3.08. The average Bonchev–Trinajstić information content (AvgIpc) is 3.03. The number of thiazole rings is 1. The number of hydrogen-bond donors (Lipinski definition) is 2. The van der Waals surface area contributed by atoms with Gasteiger partial charge in [0.1, 0.15) is 10.6 Å². The molecule has 0 spiro atoms. The highest BCUT2D eigenvalue weighted by Crippen LogP contribution is 2.21. The minimum atomic E-state index is -0.404. The van der Waals surface area contributed by atoms with Gasteiger partial charge in [0.2, 0.25) is 0 Å². The Bertz CT molecular complexity index is 840. The second kappa shape index (κ2) is 6.36. The molecule has 5 nitrogen and oxygen atoms in total. The molecule has 2 N–H and O–H groups in total. The summed E-state index contributed by atoms with van der Waals surface area (Å²) in [6, 6.07) is 12.9. The van der Waals surface area contributed by atoms with E-state index >= 15 is 0 Å². The molecule has 2 heterocycles. The summed E-state index contributed by atoms with van der Waals surface area (Å²) in [4.78, 5) is 30.5. The summed E-state index contributed by atoms with van der Waals surface area (Å²) < 4.78 is 0. The summed E-state index contributed by atoms with van der Waals surface area (Å²) in [6.45, 7) is 0.296.